The number of hydrogen-bond donors (Lipinski definition) is 3. The number of H-pyrrole nitrogens is 2. The molecule has 81 heavy (non-hydrogen) atoms. The minimum Gasteiger partial charge on any atom is -0.354 e. The number of amides is 1. The van der Waals surface area contributed by atoms with E-state index in [2.05, 4.69) is 243 Å². The molecule has 5 heterocycles. The highest BCUT2D eigenvalue weighted by Gasteiger charge is 2.28. The molecule has 3 aromatic heterocycles. The van der Waals surface area contributed by atoms with E-state index in [4.69, 9.17) is 9.97 Å². The topological polar surface area (TPSA) is 86.5 Å². The first-order chi connectivity index (χ1) is 37.8. The third-order valence-corrected chi connectivity index (χ3v) is 16.1. The number of anilines is 1. The van der Waals surface area contributed by atoms with Crippen molar-refractivity contribution < 1.29 is 4.79 Å². The molecule has 0 atom stereocenters. The lowest BCUT2D eigenvalue weighted by Gasteiger charge is -2.26. The van der Waals surface area contributed by atoms with Crippen LogP contribution in [0.15, 0.2) is 133 Å². The summed E-state index contributed by atoms with van der Waals surface area (Å²) in [6.07, 6.45) is 8.76. The van der Waals surface area contributed by atoms with E-state index in [1.807, 2.05) is 54.6 Å². The van der Waals surface area contributed by atoms with E-state index in [0.717, 1.165) is 95.0 Å². The molecule has 2 aliphatic heterocycles. The lowest BCUT2D eigenvalue weighted by atomic mass is 9.78. The molecule has 6 nitrogen and oxygen atoms in total. The van der Waals surface area contributed by atoms with Gasteiger partial charge in [-0.25, -0.2) is 9.97 Å². The molecule has 5 aromatic carbocycles. The normalized spacial score (nSPS) is 13.3. The van der Waals surface area contributed by atoms with E-state index in [-0.39, 0.29) is 38.4 Å². The zero-order valence-electron chi connectivity index (χ0n) is 51.3. The van der Waals surface area contributed by atoms with Gasteiger partial charge in [0.1, 0.15) is 0 Å². The van der Waals surface area contributed by atoms with Crippen LogP contribution in [0.1, 0.15) is 191 Å². The first-order valence-corrected chi connectivity index (χ1v) is 28.9. The largest absolute Gasteiger partial charge is 0.354 e. The Balaban J connectivity index is 1.38. The van der Waals surface area contributed by atoms with Gasteiger partial charge in [0, 0.05) is 55.6 Å². The summed E-state index contributed by atoms with van der Waals surface area (Å²) >= 11 is 0. The number of nitrogens with zero attached hydrogens (tertiary/aromatic N) is 2. The highest BCUT2D eigenvalue weighted by Crippen LogP contribution is 2.44. The molecular weight excluding hydrogens is 987 g/mol. The molecule has 0 saturated heterocycles. The summed E-state index contributed by atoms with van der Waals surface area (Å²) in [6.45, 7) is 41.4. The zero-order valence-corrected chi connectivity index (χ0v) is 51.3. The molecule has 3 N–H and O–H groups in total. The highest BCUT2D eigenvalue weighted by molar-refractivity contribution is 6.05. The standard InChI is InChI=1S/C75H83N5O/c1-70(2,3)50-36-47(37-51(42-50)71(4,5)6)66-59-30-28-57(77-59)65(45-24-26-46(27-25-45)69(81)76-56-22-20-19-21-23-56)58-29-31-60(78-58)67(48-38-52(72(7,8)9)43-53(39-48)73(10,11)12)62-33-35-64(80-62)68(63-34-32-61(66)79-63)49-40-54(74(13,14)15)44-55(41-49)75(16,17)18/h19-44,77,80H,1-18H3,(H,76,81). The van der Waals surface area contributed by atoms with Crippen LogP contribution in [0.4, 0.5) is 5.69 Å². The Bertz CT molecular complexity index is 3830. The molecule has 0 saturated carbocycles. The molecule has 0 spiro atoms. The van der Waals surface area contributed by atoms with Gasteiger partial charge < -0.3 is 15.3 Å². The molecule has 8 bridgehead atoms. The molecule has 8 aromatic rings. The molecule has 0 unspecified atom stereocenters. The van der Waals surface area contributed by atoms with E-state index in [1.54, 1.807) is 0 Å². The summed E-state index contributed by atoms with van der Waals surface area (Å²) in [7, 11) is 0. The molecule has 0 fully saturated rings. The summed E-state index contributed by atoms with van der Waals surface area (Å²) in [5.41, 5.74) is 23.5. The maximum atomic E-state index is 13.7. The van der Waals surface area contributed by atoms with Gasteiger partial charge in [-0.1, -0.05) is 210 Å². The molecule has 10 rings (SSSR count). The van der Waals surface area contributed by atoms with Gasteiger partial charge in [0.25, 0.3) is 5.91 Å². The van der Waals surface area contributed by atoms with Gasteiger partial charge in [-0.2, -0.15) is 0 Å². The van der Waals surface area contributed by atoms with E-state index in [9.17, 15) is 4.79 Å². The van der Waals surface area contributed by atoms with Crippen molar-refractivity contribution >= 4 is 58.0 Å². The molecular formula is C75H83N5O. The maximum absolute atomic E-state index is 13.7. The van der Waals surface area contributed by atoms with Gasteiger partial charge in [-0.15, -0.1) is 0 Å². The van der Waals surface area contributed by atoms with Gasteiger partial charge in [0.2, 0.25) is 0 Å². The smallest absolute Gasteiger partial charge is 0.255 e. The molecule has 414 valence electrons. The van der Waals surface area contributed by atoms with Crippen LogP contribution in [0.5, 0.6) is 0 Å². The molecule has 2 aliphatic rings. The minimum absolute atomic E-state index is 0.116. The third-order valence-electron chi connectivity index (χ3n) is 16.1. The van der Waals surface area contributed by atoms with Crippen LogP contribution in [-0.4, -0.2) is 25.8 Å². The second-order valence-electron chi connectivity index (χ2n) is 28.8. The number of carbonyl (C=O) groups excluding carboxylic acids is 1. The molecule has 0 radical (unpaired) electrons. The van der Waals surface area contributed by atoms with Gasteiger partial charge in [0.05, 0.1) is 22.8 Å². The van der Waals surface area contributed by atoms with Crippen molar-refractivity contribution in [2.45, 2.75) is 157 Å². The number of fused-ring (bicyclic) bond motifs is 8. The van der Waals surface area contributed by atoms with Gasteiger partial charge in [-0.3, -0.25) is 4.79 Å². The van der Waals surface area contributed by atoms with Crippen molar-refractivity contribution in [3.63, 3.8) is 0 Å². The number of benzene rings is 5. The molecule has 6 heteroatoms. The first kappa shape index (κ1) is 56.4. The van der Waals surface area contributed by atoms with Crippen LogP contribution in [0.25, 0.3) is 90.9 Å². The van der Waals surface area contributed by atoms with Crippen LogP contribution >= 0.6 is 0 Å². The van der Waals surface area contributed by atoms with E-state index < -0.39 is 0 Å². The van der Waals surface area contributed by atoms with Crippen molar-refractivity contribution in [1.29, 1.82) is 0 Å². The van der Waals surface area contributed by atoms with Crippen LogP contribution in [0.2, 0.25) is 0 Å². The van der Waals surface area contributed by atoms with Crippen LogP contribution in [0.3, 0.4) is 0 Å². The van der Waals surface area contributed by atoms with E-state index >= 15 is 0 Å². The summed E-state index contributed by atoms with van der Waals surface area (Å²) in [4.78, 5) is 33.3. The Hall–Kier alpha value is -7.83. The minimum atomic E-state index is -0.173. The Kier molecular flexibility index (Phi) is 14.2. The Morgan fingerprint density at radius 2 is 0.605 bits per heavy atom. The number of hydrogen-bond acceptors (Lipinski definition) is 3. The highest BCUT2D eigenvalue weighted by atomic mass is 16.1. The Labute approximate surface area is 482 Å². The number of carbonyl (C=O) groups is 1. The van der Waals surface area contributed by atoms with Gasteiger partial charge in [0.15, 0.2) is 0 Å². The van der Waals surface area contributed by atoms with Crippen LogP contribution in [-0.2, 0) is 32.5 Å². The third kappa shape index (κ3) is 11.7. The second kappa shape index (κ2) is 20.3. The lowest BCUT2D eigenvalue weighted by molar-refractivity contribution is 0.102. The van der Waals surface area contributed by atoms with Gasteiger partial charge in [-0.05, 0) is 161 Å². The number of aromatic amines is 2. The Morgan fingerprint density at radius 3 is 0.877 bits per heavy atom. The van der Waals surface area contributed by atoms with E-state index in [1.165, 1.54) is 33.4 Å². The zero-order chi connectivity index (χ0) is 58.4. The quantitative estimate of drug-likeness (QED) is 0.155. The number of rotatable bonds is 6. The average molecular weight is 1070 g/mol. The fourth-order valence-electron chi connectivity index (χ4n) is 10.8. The van der Waals surface area contributed by atoms with E-state index in [0.29, 0.717) is 5.56 Å². The fourth-order valence-corrected chi connectivity index (χ4v) is 10.8. The number of nitrogens with one attached hydrogen (secondary N) is 3. The maximum Gasteiger partial charge on any atom is 0.255 e. The number of para-hydroxylation sites is 1. The molecule has 0 aliphatic carbocycles. The lowest BCUT2D eigenvalue weighted by Crippen LogP contribution is -2.16. The van der Waals surface area contributed by atoms with Crippen molar-refractivity contribution in [2.24, 2.45) is 0 Å². The SMILES string of the molecule is CC(C)(C)c1cc(-c2c3nc(c(-c4cc(C(C)(C)C)cc(C(C)(C)C)c4)c4ccc([nH]4)c(-c4cc(C(C)(C)C)cc(C(C)(C)C)c4)c4nc(c(-c5ccc(C(=O)Nc6ccccc6)cc5)c5ccc2[nH]5)C=C4)C=C3)cc(C(C)(C)C)c1. The summed E-state index contributed by atoms with van der Waals surface area (Å²) < 4.78 is 0. The summed E-state index contributed by atoms with van der Waals surface area (Å²) in [5.74, 6) is -0.173. The predicted molar refractivity (Wildman–Crippen MR) is 347 cm³/mol. The van der Waals surface area contributed by atoms with Crippen molar-refractivity contribution in [2.75, 3.05) is 5.32 Å². The summed E-state index contributed by atoms with van der Waals surface area (Å²) in [6, 6.07) is 47.8. The number of aromatic nitrogens is 4. The summed E-state index contributed by atoms with van der Waals surface area (Å²) in [5, 5.41) is 3.07. The van der Waals surface area contributed by atoms with Crippen LogP contribution in [0, 0.1) is 0 Å². The monoisotopic (exact) mass is 1070 g/mol. The predicted octanol–water partition coefficient (Wildman–Crippen LogP) is 20.4. The van der Waals surface area contributed by atoms with Gasteiger partial charge >= 0.3 is 0 Å². The van der Waals surface area contributed by atoms with Crippen molar-refractivity contribution in [3.05, 3.63) is 195 Å². The van der Waals surface area contributed by atoms with Crippen LogP contribution < -0.4 is 5.32 Å². The van der Waals surface area contributed by atoms with Crippen molar-refractivity contribution in [3.8, 4) is 44.5 Å². The average Bonchev–Trinajstić information content (AvgIpc) is 4.25. The first-order valence-electron chi connectivity index (χ1n) is 28.9. The fraction of sp³-hybridized carbons (Fsp3) is 0.320. The van der Waals surface area contributed by atoms with Crippen molar-refractivity contribution in [1.82, 2.24) is 19.9 Å². The Morgan fingerprint density at radius 1 is 0.333 bits per heavy atom. The molecule has 1 amide bonds. The second-order valence-corrected chi connectivity index (χ2v) is 28.8.